The van der Waals surface area contributed by atoms with Gasteiger partial charge < -0.3 is 15.8 Å². The van der Waals surface area contributed by atoms with Crippen LogP contribution in [0.15, 0.2) is 0 Å². The first kappa shape index (κ1) is 22.6. The molecule has 2 rings (SSSR count). The minimum Gasteiger partial charge on any atom is -0.456 e. The molecule has 0 atom stereocenters. The number of esters is 1. The van der Waals surface area contributed by atoms with Gasteiger partial charge in [-0.05, 0) is 51.5 Å². The first-order valence-electron chi connectivity index (χ1n) is 9.72. The average Bonchev–Trinajstić information content (AvgIpc) is 2.90. The zero-order valence-electron chi connectivity index (χ0n) is 18.4. The summed E-state index contributed by atoms with van der Waals surface area (Å²) < 4.78 is 6.71. The van der Waals surface area contributed by atoms with E-state index in [4.69, 9.17) is 10.5 Å². The summed E-state index contributed by atoms with van der Waals surface area (Å²) in [7, 11) is 0. The molecule has 29 heavy (non-hydrogen) atoms. The standard InChI is InChI=1S/C20H32N6O3/c1-12-14(13(2)26-18(22-12)23-17(21)25-26)8-9-16(28)29-10-15(27)24-20(6,7)11-19(3,4)5/h8-11H2,1-7H3,(H2,21,25)(H,24,27). The van der Waals surface area contributed by atoms with E-state index in [0.29, 0.717) is 12.2 Å². The van der Waals surface area contributed by atoms with Crippen molar-refractivity contribution in [1.82, 2.24) is 24.9 Å². The number of nitrogen functional groups attached to an aromatic ring is 1. The fraction of sp³-hybridized carbons (Fsp3) is 0.650. The van der Waals surface area contributed by atoms with Crippen LogP contribution >= 0.6 is 0 Å². The normalized spacial score (nSPS) is 12.2. The van der Waals surface area contributed by atoms with E-state index in [1.807, 2.05) is 27.7 Å². The van der Waals surface area contributed by atoms with Gasteiger partial charge in [-0.25, -0.2) is 4.98 Å². The van der Waals surface area contributed by atoms with Crippen molar-refractivity contribution >= 4 is 23.6 Å². The van der Waals surface area contributed by atoms with Gasteiger partial charge in [0, 0.05) is 23.3 Å². The summed E-state index contributed by atoms with van der Waals surface area (Å²) in [5, 5.41) is 7.04. The molecular weight excluding hydrogens is 372 g/mol. The average molecular weight is 405 g/mol. The number of aromatic nitrogens is 4. The van der Waals surface area contributed by atoms with Gasteiger partial charge in [-0.1, -0.05) is 20.8 Å². The molecule has 0 bridgehead atoms. The number of carbonyl (C=O) groups excluding carboxylic acids is 2. The van der Waals surface area contributed by atoms with Gasteiger partial charge in [0.25, 0.3) is 11.7 Å². The van der Waals surface area contributed by atoms with Gasteiger partial charge in [-0.2, -0.15) is 9.50 Å². The van der Waals surface area contributed by atoms with Gasteiger partial charge in [0.2, 0.25) is 5.95 Å². The molecule has 2 aromatic rings. The second kappa shape index (κ2) is 8.34. The zero-order chi connectivity index (χ0) is 22.0. The van der Waals surface area contributed by atoms with Gasteiger partial charge in [0.1, 0.15) is 0 Å². The van der Waals surface area contributed by atoms with Crippen molar-refractivity contribution in [2.24, 2.45) is 5.41 Å². The number of rotatable bonds is 7. The monoisotopic (exact) mass is 404 g/mol. The van der Waals surface area contributed by atoms with E-state index in [0.717, 1.165) is 23.4 Å². The van der Waals surface area contributed by atoms with Crippen LogP contribution in [0.2, 0.25) is 0 Å². The van der Waals surface area contributed by atoms with Crippen LogP contribution in [0.4, 0.5) is 5.95 Å². The number of aryl methyl sites for hydroxylation is 2. The van der Waals surface area contributed by atoms with Crippen LogP contribution in [0.25, 0.3) is 5.78 Å². The van der Waals surface area contributed by atoms with Gasteiger partial charge in [0.05, 0.1) is 0 Å². The molecule has 9 nitrogen and oxygen atoms in total. The van der Waals surface area contributed by atoms with Crippen LogP contribution in [0.1, 0.15) is 64.4 Å². The van der Waals surface area contributed by atoms with Crippen LogP contribution in [-0.2, 0) is 20.7 Å². The number of ether oxygens (including phenoxy) is 1. The quantitative estimate of drug-likeness (QED) is 0.677. The zero-order valence-corrected chi connectivity index (χ0v) is 18.4. The van der Waals surface area contributed by atoms with E-state index < -0.39 is 5.97 Å². The van der Waals surface area contributed by atoms with E-state index in [9.17, 15) is 9.59 Å². The summed E-state index contributed by atoms with van der Waals surface area (Å²) in [4.78, 5) is 32.7. The van der Waals surface area contributed by atoms with Crippen molar-refractivity contribution < 1.29 is 14.3 Å². The molecule has 0 unspecified atom stereocenters. The number of carbonyl (C=O) groups is 2. The molecule has 0 saturated carbocycles. The lowest BCUT2D eigenvalue weighted by atomic mass is 9.82. The van der Waals surface area contributed by atoms with Gasteiger partial charge in [0.15, 0.2) is 6.61 Å². The number of hydrogen-bond donors (Lipinski definition) is 2. The highest BCUT2D eigenvalue weighted by Gasteiger charge is 2.27. The second-order valence-corrected chi connectivity index (χ2v) is 9.27. The van der Waals surface area contributed by atoms with Crippen LogP contribution in [0.5, 0.6) is 0 Å². The summed E-state index contributed by atoms with van der Waals surface area (Å²) in [6, 6.07) is 0. The van der Waals surface area contributed by atoms with Gasteiger partial charge in [-0.15, -0.1) is 5.10 Å². The Morgan fingerprint density at radius 3 is 2.41 bits per heavy atom. The highest BCUT2D eigenvalue weighted by atomic mass is 16.5. The molecule has 160 valence electrons. The van der Waals surface area contributed by atoms with E-state index >= 15 is 0 Å². The van der Waals surface area contributed by atoms with E-state index in [1.54, 1.807) is 4.52 Å². The SMILES string of the molecule is Cc1nc2nc(N)nn2c(C)c1CCC(=O)OCC(=O)NC(C)(C)CC(C)(C)C. The Morgan fingerprint density at radius 2 is 1.79 bits per heavy atom. The molecular formula is C20H32N6O3. The van der Waals surface area contributed by atoms with E-state index in [2.05, 4.69) is 41.2 Å². The Kier molecular flexibility index (Phi) is 6.50. The van der Waals surface area contributed by atoms with Gasteiger partial charge in [-0.3, -0.25) is 9.59 Å². The first-order chi connectivity index (χ1) is 13.3. The largest absolute Gasteiger partial charge is 0.456 e. The number of hydrogen-bond acceptors (Lipinski definition) is 7. The summed E-state index contributed by atoms with van der Waals surface area (Å²) in [6.45, 7) is 13.7. The molecule has 0 aliphatic rings. The molecule has 3 N–H and O–H groups in total. The second-order valence-electron chi connectivity index (χ2n) is 9.27. The van der Waals surface area contributed by atoms with E-state index in [-0.39, 0.29) is 35.8 Å². The predicted octanol–water partition coefficient (Wildman–Crippen LogP) is 2.13. The molecule has 0 radical (unpaired) electrons. The molecule has 9 heteroatoms. The smallest absolute Gasteiger partial charge is 0.306 e. The van der Waals surface area contributed by atoms with E-state index in [1.165, 1.54) is 0 Å². The maximum atomic E-state index is 12.2. The molecule has 0 saturated heterocycles. The third kappa shape index (κ3) is 6.40. The van der Waals surface area contributed by atoms with Crippen molar-refractivity contribution in [1.29, 1.82) is 0 Å². The summed E-state index contributed by atoms with van der Waals surface area (Å²) in [5.74, 6) is -0.165. The number of amides is 1. The highest BCUT2D eigenvalue weighted by molar-refractivity contribution is 5.81. The summed E-state index contributed by atoms with van der Waals surface area (Å²) in [6.07, 6.45) is 1.37. The number of nitrogens with one attached hydrogen (secondary N) is 1. The van der Waals surface area contributed by atoms with Crippen molar-refractivity contribution in [3.8, 4) is 0 Å². The number of nitrogens with zero attached hydrogens (tertiary/aromatic N) is 4. The number of fused-ring (bicyclic) bond motifs is 1. The molecule has 0 spiro atoms. The third-order valence-electron chi connectivity index (χ3n) is 4.46. The molecule has 2 aromatic heterocycles. The minimum atomic E-state index is -0.439. The van der Waals surface area contributed by atoms with Crippen LogP contribution in [-0.4, -0.2) is 43.6 Å². The molecule has 0 aromatic carbocycles. The number of nitrogens with two attached hydrogens (primary N) is 1. The highest BCUT2D eigenvalue weighted by Crippen LogP contribution is 2.26. The Balaban J connectivity index is 1.89. The summed E-state index contributed by atoms with van der Waals surface area (Å²) in [5.41, 5.74) is 7.80. The van der Waals surface area contributed by atoms with Crippen molar-refractivity contribution in [3.63, 3.8) is 0 Å². The lowest BCUT2D eigenvalue weighted by Crippen LogP contribution is -2.47. The maximum Gasteiger partial charge on any atom is 0.306 e. The molecule has 1 amide bonds. The Bertz CT molecular complexity index is 911. The first-order valence-corrected chi connectivity index (χ1v) is 9.72. The summed E-state index contributed by atoms with van der Waals surface area (Å²) >= 11 is 0. The van der Waals surface area contributed by atoms with Crippen LogP contribution in [0.3, 0.4) is 0 Å². The number of anilines is 1. The predicted molar refractivity (Wildman–Crippen MR) is 110 cm³/mol. The Labute approximate surface area is 171 Å². The van der Waals surface area contributed by atoms with Crippen molar-refractivity contribution in [2.75, 3.05) is 12.3 Å². The van der Waals surface area contributed by atoms with Gasteiger partial charge >= 0.3 is 5.97 Å². The Morgan fingerprint density at radius 1 is 1.14 bits per heavy atom. The fourth-order valence-corrected chi connectivity index (χ4v) is 3.81. The van der Waals surface area contributed by atoms with Crippen molar-refractivity contribution in [2.45, 2.75) is 73.3 Å². The van der Waals surface area contributed by atoms with Crippen LogP contribution < -0.4 is 11.1 Å². The lowest BCUT2D eigenvalue weighted by molar-refractivity contribution is -0.149. The Hall–Kier alpha value is -2.71. The maximum absolute atomic E-state index is 12.2. The fourth-order valence-electron chi connectivity index (χ4n) is 3.81. The lowest BCUT2D eigenvalue weighted by Gasteiger charge is -2.33. The van der Waals surface area contributed by atoms with Crippen molar-refractivity contribution in [3.05, 3.63) is 17.0 Å². The molecule has 0 aliphatic heterocycles. The molecule has 0 aliphatic carbocycles. The van der Waals surface area contributed by atoms with Crippen LogP contribution in [0, 0.1) is 19.3 Å². The third-order valence-corrected chi connectivity index (χ3v) is 4.46. The molecule has 2 heterocycles. The topological polar surface area (TPSA) is 124 Å². The molecule has 0 fully saturated rings. The minimum absolute atomic E-state index is 0.0765.